The number of carbonyl (C=O) groups excluding carboxylic acids is 2. The van der Waals surface area contributed by atoms with E-state index in [1.165, 1.54) is 22.3 Å². The maximum Gasteiger partial charge on any atom is 0.257 e. The number of rotatable bonds is 6. The van der Waals surface area contributed by atoms with Crippen LogP contribution >= 0.6 is 22.9 Å². The largest absolute Gasteiger partial charge is 0.340 e. The predicted octanol–water partition coefficient (Wildman–Crippen LogP) is 4.09. The third-order valence-corrected chi connectivity index (χ3v) is 5.02. The number of carbonyl (C=O) groups is 2. The molecule has 2 amide bonds. The molecular formula is C18H19ClF2N2O2S. The van der Waals surface area contributed by atoms with Gasteiger partial charge >= 0.3 is 0 Å². The normalized spacial score (nSPS) is 12.1. The first kappa shape index (κ1) is 20.3. The van der Waals surface area contributed by atoms with Gasteiger partial charge in [-0.25, -0.2) is 8.78 Å². The van der Waals surface area contributed by atoms with Gasteiger partial charge in [-0.15, -0.1) is 11.3 Å². The van der Waals surface area contributed by atoms with Gasteiger partial charge < -0.3 is 10.2 Å². The summed E-state index contributed by atoms with van der Waals surface area (Å²) in [6, 6.07) is 5.80. The molecular weight excluding hydrogens is 382 g/mol. The fourth-order valence-electron chi connectivity index (χ4n) is 2.43. The van der Waals surface area contributed by atoms with E-state index in [2.05, 4.69) is 5.32 Å². The lowest BCUT2D eigenvalue weighted by molar-refractivity contribution is -0.133. The first-order chi connectivity index (χ1) is 12.2. The summed E-state index contributed by atoms with van der Waals surface area (Å²) < 4.78 is 28.2. The van der Waals surface area contributed by atoms with Crippen LogP contribution in [0.25, 0.3) is 0 Å². The van der Waals surface area contributed by atoms with Crippen LogP contribution in [-0.2, 0) is 11.3 Å². The number of halogens is 3. The van der Waals surface area contributed by atoms with Crippen molar-refractivity contribution in [3.05, 3.63) is 56.7 Å². The Morgan fingerprint density at radius 2 is 1.81 bits per heavy atom. The third kappa shape index (κ3) is 4.80. The van der Waals surface area contributed by atoms with Crippen LogP contribution in [0.5, 0.6) is 0 Å². The van der Waals surface area contributed by atoms with Gasteiger partial charge in [0.1, 0.15) is 23.2 Å². The summed E-state index contributed by atoms with van der Waals surface area (Å²) >= 11 is 7.24. The quantitative estimate of drug-likeness (QED) is 0.793. The average molecular weight is 401 g/mol. The van der Waals surface area contributed by atoms with Crippen LogP contribution in [0, 0.1) is 17.6 Å². The summed E-state index contributed by atoms with van der Waals surface area (Å²) in [5, 5.41) is 2.45. The monoisotopic (exact) mass is 400 g/mol. The Labute approximate surface area is 159 Å². The zero-order valence-electron chi connectivity index (χ0n) is 14.6. The molecule has 0 saturated carbocycles. The SMILES string of the molecule is CC(C)[C@H](NC(=O)c1c(F)cccc1F)C(=O)N(C)Cc1ccc(Cl)s1. The zero-order chi connectivity index (χ0) is 19.4. The molecule has 26 heavy (non-hydrogen) atoms. The molecule has 1 N–H and O–H groups in total. The molecule has 0 aliphatic heterocycles. The van der Waals surface area contributed by atoms with Gasteiger partial charge in [0.2, 0.25) is 5.91 Å². The van der Waals surface area contributed by atoms with Crippen molar-refractivity contribution in [3.8, 4) is 0 Å². The lowest BCUT2D eigenvalue weighted by atomic mass is 10.0. The molecule has 2 rings (SSSR count). The number of hydrogen-bond donors (Lipinski definition) is 1. The zero-order valence-corrected chi connectivity index (χ0v) is 16.1. The van der Waals surface area contributed by atoms with Gasteiger partial charge in [-0.2, -0.15) is 0 Å². The molecule has 0 unspecified atom stereocenters. The lowest BCUT2D eigenvalue weighted by Crippen LogP contribution is -2.50. The van der Waals surface area contributed by atoms with E-state index in [4.69, 9.17) is 11.6 Å². The van der Waals surface area contributed by atoms with Crippen molar-refractivity contribution in [3.63, 3.8) is 0 Å². The summed E-state index contributed by atoms with van der Waals surface area (Å²) in [6.45, 7) is 3.82. The Bertz CT molecular complexity index is 790. The fourth-order valence-corrected chi connectivity index (χ4v) is 3.57. The maximum absolute atomic E-state index is 13.8. The van der Waals surface area contributed by atoms with Gasteiger partial charge in [0, 0.05) is 11.9 Å². The number of thiophene rings is 1. The van der Waals surface area contributed by atoms with Crippen molar-refractivity contribution < 1.29 is 18.4 Å². The highest BCUT2D eigenvalue weighted by molar-refractivity contribution is 7.16. The minimum atomic E-state index is -0.973. The Kier molecular flexibility index (Phi) is 6.72. The molecule has 1 aromatic heterocycles. The topological polar surface area (TPSA) is 49.4 Å². The molecule has 0 spiro atoms. The summed E-state index contributed by atoms with van der Waals surface area (Å²) in [4.78, 5) is 27.4. The molecule has 4 nitrogen and oxygen atoms in total. The fraction of sp³-hybridized carbons (Fsp3) is 0.333. The van der Waals surface area contributed by atoms with Gasteiger partial charge in [-0.1, -0.05) is 31.5 Å². The molecule has 0 aliphatic carbocycles. The molecule has 140 valence electrons. The van der Waals surface area contributed by atoms with Gasteiger partial charge in [0.15, 0.2) is 0 Å². The van der Waals surface area contributed by atoms with Gasteiger partial charge in [-0.3, -0.25) is 9.59 Å². The van der Waals surface area contributed by atoms with E-state index in [1.54, 1.807) is 27.0 Å². The van der Waals surface area contributed by atoms with Crippen molar-refractivity contribution in [2.75, 3.05) is 7.05 Å². The van der Waals surface area contributed by atoms with Crippen LogP contribution in [0.1, 0.15) is 29.1 Å². The highest BCUT2D eigenvalue weighted by Crippen LogP contribution is 2.23. The molecule has 1 aromatic carbocycles. The van der Waals surface area contributed by atoms with Crippen LogP contribution in [0.2, 0.25) is 4.34 Å². The first-order valence-corrected chi connectivity index (χ1v) is 9.14. The van der Waals surface area contributed by atoms with E-state index in [9.17, 15) is 18.4 Å². The van der Waals surface area contributed by atoms with E-state index < -0.39 is 29.1 Å². The molecule has 8 heteroatoms. The van der Waals surface area contributed by atoms with Crippen LogP contribution < -0.4 is 5.32 Å². The van der Waals surface area contributed by atoms with Gasteiger partial charge in [0.05, 0.1) is 10.9 Å². The maximum atomic E-state index is 13.8. The van der Waals surface area contributed by atoms with Gasteiger partial charge in [0.25, 0.3) is 5.91 Å². The molecule has 2 aromatic rings. The van der Waals surface area contributed by atoms with Crippen molar-refractivity contribution in [2.45, 2.75) is 26.4 Å². The van der Waals surface area contributed by atoms with Crippen LogP contribution in [0.15, 0.2) is 30.3 Å². The standard InChI is InChI=1S/C18H19ClF2N2O2S/c1-10(2)16(18(25)23(3)9-11-7-8-14(19)26-11)22-17(24)15-12(20)5-4-6-13(15)21/h4-8,10,16H,9H2,1-3H3,(H,22,24)/t16-/m0/s1. The summed E-state index contributed by atoms with van der Waals surface area (Å²) in [5.41, 5.74) is -0.696. The van der Waals surface area contributed by atoms with E-state index >= 15 is 0 Å². The average Bonchev–Trinajstić information content (AvgIpc) is 2.96. The highest BCUT2D eigenvalue weighted by atomic mass is 35.5. The van der Waals surface area contributed by atoms with Crippen molar-refractivity contribution in [2.24, 2.45) is 5.92 Å². The Hall–Kier alpha value is -1.99. The van der Waals surface area contributed by atoms with Crippen molar-refractivity contribution >= 4 is 34.8 Å². The first-order valence-electron chi connectivity index (χ1n) is 7.94. The third-order valence-electron chi connectivity index (χ3n) is 3.81. The summed E-state index contributed by atoms with van der Waals surface area (Å²) in [5.74, 6) is -3.52. The number of benzene rings is 1. The van der Waals surface area contributed by atoms with Crippen LogP contribution in [-0.4, -0.2) is 29.8 Å². The molecule has 0 saturated heterocycles. The molecule has 1 atom stereocenters. The number of hydrogen-bond acceptors (Lipinski definition) is 3. The Morgan fingerprint density at radius 1 is 1.19 bits per heavy atom. The second-order valence-electron chi connectivity index (χ2n) is 6.19. The molecule has 1 heterocycles. The minimum Gasteiger partial charge on any atom is -0.340 e. The summed E-state index contributed by atoms with van der Waals surface area (Å²) in [6.07, 6.45) is 0. The van der Waals surface area contributed by atoms with Crippen LogP contribution in [0.3, 0.4) is 0 Å². The van der Waals surface area contributed by atoms with E-state index in [0.717, 1.165) is 17.0 Å². The van der Waals surface area contributed by atoms with E-state index in [0.29, 0.717) is 10.9 Å². The Balaban J connectivity index is 2.14. The smallest absolute Gasteiger partial charge is 0.257 e. The van der Waals surface area contributed by atoms with Gasteiger partial charge in [-0.05, 0) is 30.2 Å². The number of likely N-dealkylation sites (N-methyl/N-ethyl adjacent to an activating group) is 1. The van der Waals surface area contributed by atoms with E-state index in [-0.39, 0.29) is 11.8 Å². The van der Waals surface area contributed by atoms with E-state index in [1.807, 2.05) is 6.07 Å². The second-order valence-corrected chi connectivity index (χ2v) is 7.99. The molecule has 0 fully saturated rings. The summed E-state index contributed by atoms with van der Waals surface area (Å²) in [7, 11) is 1.60. The highest BCUT2D eigenvalue weighted by Gasteiger charge is 2.29. The lowest BCUT2D eigenvalue weighted by Gasteiger charge is -2.27. The van der Waals surface area contributed by atoms with Crippen LogP contribution in [0.4, 0.5) is 8.78 Å². The second kappa shape index (κ2) is 8.60. The number of nitrogens with one attached hydrogen (secondary N) is 1. The number of amides is 2. The molecule has 0 aliphatic rings. The molecule has 0 radical (unpaired) electrons. The number of nitrogens with zero attached hydrogens (tertiary/aromatic N) is 1. The van der Waals surface area contributed by atoms with Crippen molar-refractivity contribution in [1.82, 2.24) is 10.2 Å². The predicted molar refractivity (Wildman–Crippen MR) is 98.3 cm³/mol. The minimum absolute atomic E-state index is 0.268. The van der Waals surface area contributed by atoms with Crippen molar-refractivity contribution in [1.29, 1.82) is 0 Å². The Morgan fingerprint density at radius 3 is 2.31 bits per heavy atom. The molecule has 0 bridgehead atoms.